The standard InChI is InChI=1S/C8H14O4/c1-6(9)3-7-4-11-8(10-2)12-5-7/h7-8H,3-5H2,1-2H3. The van der Waals surface area contributed by atoms with Crippen molar-refractivity contribution in [3.8, 4) is 0 Å². The Bertz CT molecular complexity index is 149. The normalized spacial score (nSPS) is 30.2. The van der Waals surface area contributed by atoms with Gasteiger partial charge >= 0.3 is 0 Å². The fraction of sp³-hybridized carbons (Fsp3) is 0.875. The molecule has 1 aliphatic heterocycles. The number of ether oxygens (including phenoxy) is 3. The first-order chi connectivity index (χ1) is 5.72. The van der Waals surface area contributed by atoms with Gasteiger partial charge in [-0.2, -0.15) is 0 Å². The molecule has 12 heavy (non-hydrogen) atoms. The number of Topliss-reactive ketones (excluding diaryl/α,β-unsaturated/α-hetero) is 1. The second-order valence-electron chi connectivity index (χ2n) is 2.96. The van der Waals surface area contributed by atoms with E-state index in [0.29, 0.717) is 19.6 Å². The van der Waals surface area contributed by atoms with Crippen LogP contribution in [-0.2, 0) is 19.0 Å². The lowest BCUT2D eigenvalue weighted by Gasteiger charge is -2.27. The summed E-state index contributed by atoms with van der Waals surface area (Å²) in [5, 5.41) is 0. The summed E-state index contributed by atoms with van der Waals surface area (Å²) in [5.74, 6) is 0.358. The Morgan fingerprint density at radius 1 is 1.50 bits per heavy atom. The third kappa shape index (κ3) is 2.89. The summed E-state index contributed by atoms with van der Waals surface area (Å²) in [6, 6.07) is 0. The van der Waals surface area contributed by atoms with Gasteiger partial charge in [0.05, 0.1) is 13.2 Å². The van der Waals surface area contributed by atoms with Gasteiger partial charge in [0.2, 0.25) is 0 Å². The van der Waals surface area contributed by atoms with Gasteiger partial charge in [0.1, 0.15) is 5.78 Å². The summed E-state index contributed by atoms with van der Waals surface area (Å²) in [5.41, 5.74) is 0. The van der Waals surface area contributed by atoms with Crippen molar-refractivity contribution in [2.24, 2.45) is 5.92 Å². The zero-order valence-corrected chi connectivity index (χ0v) is 7.41. The second-order valence-corrected chi connectivity index (χ2v) is 2.96. The van der Waals surface area contributed by atoms with E-state index in [4.69, 9.17) is 14.2 Å². The van der Waals surface area contributed by atoms with E-state index in [9.17, 15) is 4.79 Å². The number of hydrogen-bond acceptors (Lipinski definition) is 4. The van der Waals surface area contributed by atoms with E-state index in [2.05, 4.69) is 0 Å². The zero-order chi connectivity index (χ0) is 8.97. The molecular weight excluding hydrogens is 160 g/mol. The average Bonchev–Trinajstić information content (AvgIpc) is 2.05. The van der Waals surface area contributed by atoms with Crippen LogP contribution in [0, 0.1) is 5.92 Å². The highest BCUT2D eigenvalue weighted by Gasteiger charge is 2.22. The molecule has 0 N–H and O–H groups in total. The second kappa shape index (κ2) is 4.54. The van der Waals surface area contributed by atoms with Crippen molar-refractivity contribution in [3.05, 3.63) is 0 Å². The van der Waals surface area contributed by atoms with Crippen molar-refractivity contribution in [1.29, 1.82) is 0 Å². The van der Waals surface area contributed by atoms with Crippen LogP contribution in [0.4, 0.5) is 0 Å². The molecule has 0 aromatic carbocycles. The minimum atomic E-state index is -0.548. The van der Waals surface area contributed by atoms with Crippen LogP contribution >= 0.6 is 0 Å². The molecule has 0 amide bonds. The van der Waals surface area contributed by atoms with Crippen LogP contribution in [-0.4, -0.2) is 32.6 Å². The van der Waals surface area contributed by atoms with Crippen LogP contribution in [0.2, 0.25) is 0 Å². The number of carbonyl (C=O) groups excluding carboxylic acids is 1. The van der Waals surface area contributed by atoms with E-state index in [1.165, 1.54) is 7.11 Å². The summed E-state index contributed by atoms with van der Waals surface area (Å²) in [4.78, 5) is 10.7. The van der Waals surface area contributed by atoms with Crippen LogP contribution < -0.4 is 0 Å². The highest BCUT2D eigenvalue weighted by atomic mass is 16.8. The maximum absolute atomic E-state index is 10.7. The SMILES string of the molecule is COC1OCC(CC(C)=O)CO1. The molecule has 0 saturated carbocycles. The van der Waals surface area contributed by atoms with Crippen molar-refractivity contribution in [2.75, 3.05) is 20.3 Å². The van der Waals surface area contributed by atoms with Crippen LogP contribution in [0.1, 0.15) is 13.3 Å². The van der Waals surface area contributed by atoms with Gasteiger partial charge in [-0.15, -0.1) is 0 Å². The van der Waals surface area contributed by atoms with E-state index < -0.39 is 6.48 Å². The van der Waals surface area contributed by atoms with Crippen molar-refractivity contribution in [1.82, 2.24) is 0 Å². The Morgan fingerprint density at radius 3 is 2.50 bits per heavy atom. The summed E-state index contributed by atoms with van der Waals surface area (Å²) >= 11 is 0. The van der Waals surface area contributed by atoms with Gasteiger partial charge in [-0.1, -0.05) is 0 Å². The minimum absolute atomic E-state index is 0.170. The molecule has 1 fully saturated rings. The average molecular weight is 174 g/mol. The Kier molecular flexibility index (Phi) is 3.65. The first-order valence-electron chi connectivity index (χ1n) is 3.98. The third-order valence-corrected chi connectivity index (χ3v) is 1.70. The van der Waals surface area contributed by atoms with E-state index in [-0.39, 0.29) is 11.7 Å². The van der Waals surface area contributed by atoms with E-state index >= 15 is 0 Å². The molecule has 0 bridgehead atoms. The number of rotatable bonds is 3. The van der Waals surface area contributed by atoms with Gasteiger partial charge in [0.25, 0.3) is 6.48 Å². The molecule has 4 heteroatoms. The number of hydrogen-bond donors (Lipinski definition) is 0. The van der Waals surface area contributed by atoms with Gasteiger partial charge in [-0.3, -0.25) is 0 Å². The third-order valence-electron chi connectivity index (χ3n) is 1.70. The monoisotopic (exact) mass is 174 g/mol. The first-order valence-corrected chi connectivity index (χ1v) is 3.98. The molecule has 0 aromatic heterocycles. The van der Waals surface area contributed by atoms with Crippen LogP contribution in [0.5, 0.6) is 0 Å². The lowest BCUT2D eigenvalue weighted by molar-refractivity contribution is -0.312. The Hall–Kier alpha value is -0.450. The van der Waals surface area contributed by atoms with E-state index in [1.807, 2.05) is 0 Å². The predicted octanol–water partition coefficient (Wildman–Crippen LogP) is 0.558. The van der Waals surface area contributed by atoms with Crippen molar-refractivity contribution in [2.45, 2.75) is 19.8 Å². The summed E-state index contributed by atoms with van der Waals surface area (Å²) < 4.78 is 15.1. The molecule has 70 valence electrons. The Labute approximate surface area is 71.8 Å². The maximum atomic E-state index is 10.7. The lowest BCUT2D eigenvalue weighted by Crippen LogP contribution is -2.33. The molecule has 1 aliphatic rings. The molecule has 0 spiro atoms. The molecule has 1 saturated heterocycles. The number of methoxy groups -OCH3 is 1. The fourth-order valence-electron chi connectivity index (χ4n) is 1.19. The summed E-state index contributed by atoms with van der Waals surface area (Å²) in [6.07, 6.45) is 0.524. The highest BCUT2D eigenvalue weighted by Crippen LogP contribution is 2.14. The minimum Gasteiger partial charge on any atom is -0.333 e. The van der Waals surface area contributed by atoms with Gasteiger partial charge in [-0.05, 0) is 6.92 Å². The van der Waals surface area contributed by atoms with Crippen molar-refractivity contribution in [3.63, 3.8) is 0 Å². The Morgan fingerprint density at radius 2 is 2.08 bits per heavy atom. The molecule has 0 aliphatic carbocycles. The molecule has 1 rings (SSSR count). The van der Waals surface area contributed by atoms with E-state index in [1.54, 1.807) is 6.92 Å². The first kappa shape index (κ1) is 9.64. The van der Waals surface area contributed by atoms with Crippen molar-refractivity contribution >= 4 is 5.78 Å². The predicted molar refractivity (Wildman–Crippen MR) is 41.5 cm³/mol. The van der Waals surface area contributed by atoms with E-state index in [0.717, 1.165) is 0 Å². The van der Waals surface area contributed by atoms with Gasteiger partial charge in [0, 0.05) is 19.4 Å². The quantitative estimate of drug-likeness (QED) is 0.627. The lowest BCUT2D eigenvalue weighted by atomic mass is 10.1. The Balaban J connectivity index is 2.21. The molecule has 0 unspecified atom stereocenters. The largest absolute Gasteiger partial charge is 0.333 e. The molecule has 0 atom stereocenters. The van der Waals surface area contributed by atoms with Gasteiger partial charge in [0.15, 0.2) is 0 Å². The molecule has 4 nitrogen and oxygen atoms in total. The van der Waals surface area contributed by atoms with Gasteiger partial charge < -0.3 is 19.0 Å². The topological polar surface area (TPSA) is 44.8 Å². The van der Waals surface area contributed by atoms with Crippen molar-refractivity contribution < 1.29 is 19.0 Å². The zero-order valence-electron chi connectivity index (χ0n) is 7.41. The molecule has 0 aromatic rings. The molecule has 0 radical (unpaired) electrons. The summed E-state index contributed by atoms with van der Waals surface area (Å²) in [6.45, 7) is 2.10. The van der Waals surface area contributed by atoms with Gasteiger partial charge in [-0.25, -0.2) is 0 Å². The molecular formula is C8H14O4. The fourth-order valence-corrected chi connectivity index (χ4v) is 1.19. The smallest absolute Gasteiger partial charge is 0.271 e. The van der Waals surface area contributed by atoms with Crippen LogP contribution in [0.3, 0.4) is 0 Å². The van der Waals surface area contributed by atoms with Crippen LogP contribution in [0.25, 0.3) is 0 Å². The highest BCUT2D eigenvalue weighted by molar-refractivity contribution is 5.75. The number of ketones is 1. The molecule has 1 heterocycles. The summed E-state index contributed by atoms with van der Waals surface area (Å²) in [7, 11) is 1.52. The maximum Gasteiger partial charge on any atom is 0.271 e. The van der Waals surface area contributed by atoms with Crippen LogP contribution in [0.15, 0.2) is 0 Å². The number of carbonyl (C=O) groups is 1.